The van der Waals surface area contributed by atoms with Gasteiger partial charge in [-0.05, 0) is 43.7 Å². The van der Waals surface area contributed by atoms with Gasteiger partial charge in [0.25, 0.3) is 0 Å². The molecular weight excluding hydrogens is 300 g/mol. The van der Waals surface area contributed by atoms with E-state index in [2.05, 4.69) is 16.0 Å². The van der Waals surface area contributed by atoms with Crippen LogP contribution in [0.2, 0.25) is 0 Å². The minimum atomic E-state index is 0.0868. The second kappa shape index (κ2) is 7.34. The first kappa shape index (κ1) is 16.3. The Morgan fingerprint density at radius 3 is 2.54 bits per heavy atom. The second-order valence-corrected chi connectivity index (χ2v) is 6.03. The number of amides is 2. The lowest BCUT2D eigenvalue weighted by Gasteiger charge is -2.37. The number of rotatable bonds is 3. The van der Waals surface area contributed by atoms with Gasteiger partial charge < -0.3 is 9.80 Å². The van der Waals surface area contributed by atoms with E-state index in [1.807, 2.05) is 66.2 Å². The highest BCUT2D eigenvalue weighted by molar-refractivity contribution is 5.92. The van der Waals surface area contributed by atoms with E-state index < -0.39 is 0 Å². The average molecular weight is 324 g/mol. The van der Waals surface area contributed by atoms with Gasteiger partial charge in [-0.15, -0.1) is 0 Å². The number of hydrogen-bond acceptors (Lipinski definition) is 3. The van der Waals surface area contributed by atoms with Crippen molar-refractivity contribution in [2.75, 3.05) is 42.5 Å². The van der Waals surface area contributed by atoms with E-state index in [9.17, 15) is 4.79 Å². The molecule has 1 aliphatic rings. The van der Waals surface area contributed by atoms with Crippen LogP contribution >= 0.6 is 0 Å². The summed E-state index contributed by atoms with van der Waals surface area (Å²) in [5.74, 6) is 0.982. The summed E-state index contributed by atoms with van der Waals surface area (Å²) in [6.07, 6.45) is 1.81. The van der Waals surface area contributed by atoms with Crippen molar-refractivity contribution in [1.29, 1.82) is 0 Å². The Hall–Kier alpha value is -2.56. The number of piperazine rings is 1. The highest BCUT2D eigenvalue weighted by Gasteiger charge is 2.25. The summed E-state index contributed by atoms with van der Waals surface area (Å²) >= 11 is 0. The molecule has 0 atom stereocenters. The molecule has 0 spiro atoms. The molecule has 0 saturated carbocycles. The van der Waals surface area contributed by atoms with Crippen molar-refractivity contribution in [2.24, 2.45) is 0 Å². The van der Waals surface area contributed by atoms with Crippen molar-refractivity contribution in [3.8, 4) is 0 Å². The van der Waals surface area contributed by atoms with Gasteiger partial charge in [-0.1, -0.05) is 18.2 Å². The zero-order chi connectivity index (χ0) is 16.9. The number of aryl methyl sites for hydroxylation is 1. The normalized spacial score (nSPS) is 14.6. The molecule has 126 valence electrons. The van der Waals surface area contributed by atoms with Crippen LogP contribution in [0, 0.1) is 6.92 Å². The zero-order valence-electron chi connectivity index (χ0n) is 14.4. The number of carbonyl (C=O) groups excluding carboxylic acids is 1. The molecule has 2 heterocycles. The number of urea groups is 1. The number of benzene rings is 1. The fraction of sp³-hybridized carbons (Fsp3) is 0.368. The fourth-order valence-electron chi connectivity index (χ4n) is 3.06. The maximum Gasteiger partial charge on any atom is 0.324 e. The monoisotopic (exact) mass is 324 g/mol. The minimum absolute atomic E-state index is 0.0868. The van der Waals surface area contributed by atoms with Gasteiger partial charge in [0.2, 0.25) is 0 Å². The molecule has 5 nitrogen and oxygen atoms in total. The van der Waals surface area contributed by atoms with E-state index in [0.29, 0.717) is 6.54 Å². The van der Waals surface area contributed by atoms with Gasteiger partial charge >= 0.3 is 6.03 Å². The Morgan fingerprint density at radius 2 is 1.92 bits per heavy atom. The van der Waals surface area contributed by atoms with Crippen molar-refractivity contribution < 1.29 is 4.79 Å². The highest BCUT2D eigenvalue weighted by atomic mass is 16.2. The lowest BCUT2D eigenvalue weighted by atomic mass is 10.2. The predicted molar refractivity (Wildman–Crippen MR) is 97.6 cm³/mol. The van der Waals surface area contributed by atoms with Crippen LogP contribution in [0.3, 0.4) is 0 Å². The van der Waals surface area contributed by atoms with Crippen LogP contribution in [0.25, 0.3) is 0 Å². The molecule has 0 aliphatic carbocycles. The Bertz CT molecular complexity index is 681. The van der Waals surface area contributed by atoms with Crippen molar-refractivity contribution in [3.63, 3.8) is 0 Å². The fourth-order valence-corrected chi connectivity index (χ4v) is 3.06. The minimum Gasteiger partial charge on any atom is -0.353 e. The third-order valence-corrected chi connectivity index (χ3v) is 4.38. The van der Waals surface area contributed by atoms with Crippen molar-refractivity contribution in [2.45, 2.75) is 13.8 Å². The topological polar surface area (TPSA) is 39.7 Å². The molecule has 24 heavy (non-hydrogen) atoms. The summed E-state index contributed by atoms with van der Waals surface area (Å²) in [5.41, 5.74) is 2.13. The smallest absolute Gasteiger partial charge is 0.324 e. The molecule has 0 N–H and O–H groups in total. The van der Waals surface area contributed by atoms with E-state index in [-0.39, 0.29) is 6.03 Å². The van der Waals surface area contributed by atoms with Crippen molar-refractivity contribution >= 4 is 17.5 Å². The zero-order valence-corrected chi connectivity index (χ0v) is 14.4. The molecule has 1 aromatic carbocycles. The quantitative estimate of drug-likeness (QED) is 0.871. The van der Waals surface area contributed by atoms with Crippen LogP contribution in [0.5, 0.6) is 0 Å². The van der Waals surface area contributed by atoms with Crippen LogP contribution in [0.4, 0.5) is 16.3 Å². The molecule has 1 fully saturated rings. The Morgan fingerprint density at radius 1 is 1.12 bits per heavy atom. The summed E-state index contributed by atoms with van der Waals surface area (Å²) < 4.78 is 0. The van der Waals surface area contributed by atoms with Crippen LogP contribution in [0.1, 0.15) is 12.5 Å². The Labute approximate surface area is 143 Å². The second-order valence-electron chi connectivity index (χ2n) is 6.03. The van der Waals surface area contributed by atoms with Gasteiger partial charge in [0.05, 0.1) is 0 Å². The summed E-state index contributed by atoms with van der Waals surface area (Å²) in [5, 5.41) is 0. The highest BCUT2D eigenvalue weighted by Crippen LogP contribution is 2.19. The van der Waals surface area contributed by atoms with Crippen LogP contribution in [0.15, 0.2) is 48.7 Å². The maximum atomic E-state index is 12.9. The molecule has 0 radical (unpaired) electrons. The number of aromatic nitrogens is 1. The number of pyridine rings is 1. The Balaban J connectivity index is 1.66. The summed E-state index contributed by atoms with van der Waals surface area (Å²) in [4.78, 5) is 23.3. The molecule has 5 heteroatoms. The lowest BCUT2D eigenvalue weighted by molar-refractivity contribution is 0.201. The van der Waals surface area contributed by atoms with Crippen LogP contribution in [-0.2, 0) is 0 Å². The summed E-state index contributed by atoms with van der Waals surface area (Å²) in [6, 6.07) is 14.1. The molecule has 2 amide bonds. The van der Waals surface area contributed by atoms with Crippen molar-refractivity contribution in [3.05, 3.63) is 54.2 Å². The standard InChI is InChI=1S/C19H24N4O/c1-3-23(17-8-6-7-16(2)15-17)19(24)22-13-11-21(12-14-22)18-9-4-5-10-20-18/h4-10,15H,3,11-14H2,1-2H3. The predicted octanol–water partition coefficient (Wildman–Crippen LogP) is 3.16. The first-order valence-electron chi connectivity index (χ1n) is 8.48. The molecule has 1 aliphatic heterocycles. The third-order valence-electron chi connectivity index (χ3n) is 4.38. The van der Waals surface area contributed by atoms with Crippen LogP contribution in [-0.4, -0.2) is 48.6 Å². The average Bonchev–Trinajstić information content (AvgIpc) is 2.63. The van der Waals surface area contributed by atoms with Gasteiger partial charge in [-0.2, -0.15) is 0 Å². The first-order valence-corrected chi connectivity index (χ1v) is 8.48. The molecular formula is C19H24N4O. The number of hydrogen-bond donors (Lipinski definition) is 0. The molecule has 0 bridgehead atoms. The molecule has 0 unspecified atom stereocenters. The van der Waals surface area contributed by atoms with E-state index in [1.54, 1.807) is 0 Å². The van der Waals surface area contributed by atoms with Gasteiger partial charge in [-0.3, -0.25) is 4.90 Å². The van der Waals surface area contributed by atoms with Gasteiger partial charge in [0.15, 0.2) is 0 Å². The largest absolute Gasteiger partial charge is 0.353 e. The molecule has 1 aromatic heterocycles. The van der Waals surface area contributed by atoms with Gasteiger partial charge in [0, 0.05) is 44.6 Å². The number of anilines is 2. The lowest BCUT2D eigenvalue weighted by Crippen LogP contribution is -2.53. The molecule has 2 aromatic rings. The maximum absolute atomic E-state index is 12.9. The van der Waals surface area contributed by atoms with Crippen molar-refractivity contribution in [1.82, 2.24) is 9.88 Å². The molecule has 3 rings (SSSR count). The Kier molecular flexibility index (Phi) is 4.99. The van der Waals surface area contributed by atoms with E-state index >= 15 is 0 Å². The van der Waals surface area contributed by atoms with Gasteiger partial charge in [-0.25, -0.2) is 9.78 Å². The SMILES string of the molecule is CCN(C(=O)N1CCN(c2ccccn2)CC1)c1cccc(C)c1. The summed E-state index contributed by atoms with van der Waals surface area (Å²) in [6.45, 7) is 7.80. The van der Waals surface area contributed by atoms with Gasteiger partial charge in [0.1, 0.15) is 5.82 Å². The number of carbonyl (C=O) groups is 1. The van der Waals surface area contributed by atoms with E-state index in [1.165, 1.54) is 5.56 Å². The number of nitrogens with zero attached hydrogens (tertiary/aromatic N) is 4. The van der Waals surface area contributed by atoms with E-state index in [4.69, 9.17) is 0 Å². The third kappa shape index (κ3) is 3.50. The first-order chi connectivity index (χ1) is 11.7. The van der Waals surface area contributed by atoms with E-state index in [0.717, 1.165) is 37.7 Å². The summed E-state index contributed by atoms with van der Waals surface area (Å²) in [7, 11) is 0. The molecule has 1 saturated heterocycles. The van der Waals surface area contributed by atoms with Crippen LogP contribution < -0.4 is 9.80 Å².